The summed E-state index contributed by atoms with van der Waals surface area (Å²) in [6.07, 6.45) is 3.46. The summed E-state index contributed by atoms with van der Waals surface area (Å²) in [5, 5.41) is 9.48. The fourth-order valence-corrected chi connectivity index (χ4v) is 2.15. The van der Waals surface area contributed by atoms with Gasteiger partial charge in [0.05, 0.1) is 6.10 Å². The lowest BCUT2D eigenvalue weighted by atomic mass is 9.97. The van der Waals surface area contributed by atoms with E-state index in [4.69, 9.17) is 5.73 Å². The van der Waals surface area contributed by atoms with E-state index in [1.165, 1.54) is 19.3 Å². The van der Waals surface area contributed by atoms with Gasteiger partial charge in [0, 0.05) is 25.2 Å². The first-order chi connectivity index (χ1) is 6.15. The van der Waals surface area contributed by atoms with Crippen LogP contribution in [-0.2, 0) is 0 Å². The normalized spacial score (nSPS) is 33.2. The summed E-state index contributed by atoms with van der Waals surface area (Å²) >= 11 is 0. The summed E-state index contributed by atoms with van der Waals surface area (Å²) in [4.78, 5) is 2.38. The van der Waals surface area contributed by atoms with Crippen LogP contribution in [0.1, 0.15) is 33.1 Å². The zero-order valence-electron chi connectivity index (χ0n) is 8.74. The molecule has 0 saturated carbocycles. The first kappa shape index (κ1) is 11.0. The number of nitrogens with zero attached hydrogens (tertiary/aromatic N) is 1. The molecular formula is C10H22N2O. The zero-order chi connectivity index (χ0) is 9.84. The second-order valence-corrected chi connectivity index (χ2v) is 4.22. The molecule has 3 unspecified atom stereocenters. The van der Waals surface area contributed by atoms with Crippen LogP contribution < -0.4 is 5.73 Å². The molecule has 0 radical (unpaired) electrons. The number of piperidine rings is 1. The Morgan fingerprint density at radius 3 is 2.38 bits per heavy atom. The number of likely N-dealkylation sites (tertiary alicyclic amines) is 1. The van der Waals surface area contributed by atoms with Crippen LogP contribution in [0.25, 0.3) is 0 Å². The van der Waals surface area contributed by atoms with Crippen molar-refractivity contribution in [2.45, 2.75) is 51.3 Å². The van der Waals surface area contributed by atoms with E-state index in [1.807, 2.05) is 0 Å². The molecule has 1 heterocycles. The third-order valence-electron chi connectivity index (χ3n) is 3.07. The fraction of sp³-hybridized carbons (Fsp3) is 1.00. The Balaban J connectivity index is 2.43. The minimum atomic E-state index is -0.358. The highest BCUT2D eigenvalue weighted by atomic mass is 16.3. The lowest BCUT2D eigenvalue weighted by Crippen LogP contribution is -2.48. The first-order valence-corrected chi connectivity index (χ1v) is 5.29. The van der Waals surface area contributed by atoms with Gasteiger partial charge >= 0.3 is 0 Å². The van der Waals surface area contributed by atoms with E-state index in [-0.39, 0.29) is 6.10 Å². The van der Waals surface area contributed by atoms with Crippen molar-refractivity contribution in [3.63, 3.8) is 0 Å². The monoisotopic (exact) mass is 186 g/mol. The van der Waals surface area contributed by atoms with Gasteiger partial charge in [-0.1, -0.05) is 6.42 Å². The average Bonchev–Trinajstić information content (AvgIpc) is 2.11. The molecular weight excluding hydrogens is 164 g/mol. The van der Waals surface area contributed by atoms with Gasteiger partial charge in [-0.15, -0.1) is 0 Å². The van der Waals surface area contributed by atoms with Crippen molar-refractivity contribution in [2.24, 2.45) is 5.73 Å². The van der Waals surface area contributed by atoms with Crippen LogP contribution in [0, 0.1) is 0 Å². The molecule has 0 aliphatic carbocycles. The minimum Gasteiger partial charge on any atom is -0.390 e. The lowest BCUT2D eigenvalue weighted by Gasteiger charge is -2.39. The van der Waals surface area contributed by atoms with Crippen molar-refractivity contribution >= 4 is 0 Å². The Morgan fingerprint density at radius 2 is 1.92 bits per heavy atom. The van der Waals surface area contributed by atoms with Crippen LogP contribution in [0.5, 0.6) is 0 Å². The van der Waals surface area contributed by atoms with Crippen LogP contribution in [0.4, 0.5) is 0 Å². The van der Waals surface area contributed by atoms with Crippen LogP contribution in [0.15, 0.2) is 0 Å². The average molecular weight is 186 g/mol. The van der Waals surface area contributed by atoms with Gasteiger partial charge in [-0.25, -0.2) is 0 Å². The van der Waals surface area contributed by atoms with Crippen LogP contribution >= 0.6 is 0 Å². The molecule has 1 rings (SSSR count). The minimum absolute atomic E-state index is 0.358. The second kappa shape index (κ2) is 4.94. The van der Waals surface area contributed by atoms with Gasteiger partial charge in [-0.05, 0) is 26.7 Å². The van der Waals surface area contributed by atoms with Crippen molar-refractivity contribution < 1.29 is 5.11 Å². The molecule has 1 saturated heterocycles. The number of hydrogen-bond donors (Lipinski definition) is 2. The molecule has 1 aliphatic heterocycles. The number of hydrogen-bond acceptors (Lipinski definition) is 3. The molecule has 0 bridgehead atoms. The maximum absolute atomic E-state index is 9.48. The van der Waals surface area contributed by atoms with Crippen molar-refractivity contribution in [3.05, 3.63) is 0 Å². The molecule has 1 fully saturated rings. The van der Waals surface area contributed by atoms with Gasteiger partial charge in [-0.3, -0.25) is 4.90 Å². The molecule has 13 heavy (non-hydrogen) atoms. The topological polar surface area (TPSA) is 49.5 Å². The molecule has 0 spiro atoms. The highest BCUT2D eigenvalue weighted by molar-refractivity contribution is 4.81. The third-order valence-corrected chi connectivity index (χ3v) is 3.07. The van der Waals surface area contributed by atoms with Gasteiger partial charge < -0.3 is 10.8 Å². The van der Waals surface area contributed by atoms with E-state index in [0.717, 1.165) is 6.54 Å². The Hall–Kier alpha value is -0.120. The summed E-state index contributed by atoms with van der Waals surface area (Å²) < 4.78 is 0. The Morgan fingerprint density at radius 1 is 1.38 bits per heavy atom. The van der Waals surface area contributed by atoms with E-state index in [1.54, 1.807) is 0 Å². The van der Waals surface area contributed by atoms with Crippen LogP contribution in [0.2, 0.25) is 0 Å². The van der Waals surface area contributed by atoms with Gasteiger partial charge in [0.25, 0.3) is 0 Å². The number of aliphatic hydroxyl groups is 1. The molecule has 3 atom stereocenters. The predicted octanol–water partition coefficient (Wildman–Crippen LogP) is 0.569. The maximum Gasteiger partial charge on any atom is 0.0789 e. The lowest BCUT2D eigenvalue weighted by molar-refractivity contribution is 0.0452. The molecule has 78 valence electrons. The summed E-state index contributed by atoms with van der Waals surface area (Å²) in [7, 11) is 0. The van der Waals surface area contributed by atoms with Gasteiger partial charge in [0.15, 0.2) is 0 Å². The van der Waals surface area contributed by atoms with Gasteiger partial charge in [-0.2, -0.15) is 0 Å². The summed E-state index contributed by atoms with van der Waals surface area (Å²) in [6, 6.07) is 1.20. The van der Waals surface area contributed by atoms with Crippen molar-refractivity contribution in [2.75, 3.05) is 13.1 Å². The number of β-amino-alcohol motifs (C(OH)–C–C–N with tert-alkyl or cyclic N) is 1. The van der Waals surface area contributed by atoms with E-state index >= 15 is 0 Å². The van der Waals surface area contributed by atoms with Crippen LogP contribution in [-0.4, -0.2) is 41.3 Å². The molecule has 0 aromatic rings. The van der Waals surface area contributed by atoms with E-state index in [0.29, 0.717) is 18.6 Å². The van der Waals surface area contributed by atoms with Crippen molar-refractivity contribution in [1.82, 2.24) is 4.90 Å². The highest BCUT2D eigenvalue weighted by Gasteiger charge is 2.25. The summed E-state index contributed by atoms with van der Waals surface area (Å²) in [5.74, 6) is 0. The quantitative estimate of drug-likeness (QED) is 0.677. The van der Waals surface area contributed by atoms with E-state index in [9.17, 15) is 5.11 Å². The smallest absolute Gasteiger partial charge is 0.0789 e. The molecule has 0 aromatic heterocycles. The van der Waals surface area contributed by atoms with Crippen molar-refractivity contribution in [3.8, 4) is 0 Å². The molecule has 3 N–H and O–H groups in total. The van der Waals surface area contributed by atoms with Crippen molar-refractivity contribution in [1.29, 1.82) is 0 Å². The molecule has 1 aliphatic rings. The Bertz CT molecular complexity index is 142. The first-order valence-electron chi connectivity index (χ1n) is 5.29. The number of rotatable bonds is 3. The van der Waals surface area contributed by atoms with Gasteiger partial charge in [0.2, 0.25) is 0 Å². The summed E-state index contributed by atoms with van der Waals surface area (Å²) in [6.45, 7) is 5.58. The largest absolute Gasteiger partial charge is 0.390 e. The molecule has 3 nitrogen and oxygen atoms in total. The number of aliphatic hydroxyl groups excluding tert-OH is 1. The zero-order valence-corrected chi connectivity index (χ0v) is 8.74. The van der Waals surface area contributed by atoms with E-state index < -0.39 is 0 Å². The Labute approximate surface area is 80.9 Å². The molecule has 0 amide bonds. The standard InChI is InChI=1S/C10H22N2O/c1-8-4-3-5-9(2)12(8)7-10(13)6-11/h8-10,13H,3-7,11H2,1-2H3. The summed E-state index contributed by atoms with van der Waals surface area (Å²) in [5.41, 5.74) is 5.40. The van der Waals surface area contributed by atoms with Crippen LogP contribution in [0.3, 0.4) is 0 Å². The molecule has 0 aromatic carbocycles. The predicted molar refractivity (Wildman–Crippen MR) is 54.5 cm³/mol. The second-order valence-electron chi connectivity index (χ2n) is 4.22. The van der Waals surface area contributed by atoms with Gasteiger partial charge in [0.1, 0.15) is 0 Å². The SMILES string of the molecule is CC1CCCC(C)N1CC(O)CN. The Kier molecular flexibility index (Phi) is 4.16. The maximum atomic E-state index is 9.48. The highest BCUT2D eigenvalue weighted by Crippen LogP contribution is 2.22. The fourth-order valence-electron chi connectivity index (χ4n) is 2.15. The molecule has 3 heteroatoms. The third kappa shape index (κ3) is 2.93. The number of nitrogens with two attached hydrogens (primary N) is 1. The van der Waals surface area contributed by atoms with E-state index in [2.05, 4.69) is 18.7 Å².